The number of nitriles is 1. The zero-order valence-electron chi connectivity index (χ0n) is 12.0. The van der Waals surface area contributed by atoms with E-state index in [1.165, 1.54) is 24.3 Å². The van der Waals surface area contributed by atoms with Gasteiger partial charge in [-0.05, 0) is 36.2 Å². The highest BCUT2D eigenvalue weighted by molar-refractivity contribution is 5.97. The van der Waals surface area contributed by atoms with Gasteiger partial charge in [-0.3, -0.25) is 4.79 Å². The van der Waals surface area contributed by atoms with Crippen molar-refractivity contribution in [2.24, 2.45) is 0 Å². The van der Waals surface area contributed by atoms with Gasteiger partial charge in [-0.15, -0.1) is 0 Å². The molecule has 0 amide bonds. The number of carbonyl (C=O) groups excluding carboxylic acids is 1. The maximum atomic E-state index is 14.0. The summed E-state index contributed by atoms with van der Waals surface area (Å²) in [5.74, 6) is -4.42. The molecule has 0 fully saturated rings. The lowest BCUT2D eigenvalue weighted by Gasteiger charge is -2.13. The minimum absolute atomic E-state index is 0.115. The highest BCUT2D eigenvalue weighted by atomic mass is 19.3. The van der Waals surface area contributed by atoms with Crippen molar-refractivity contribution in [1.29, 1.82) is 5.26 Å². The van der Waals surface area contributed by atoms with Crippen LogP contribution in [0.3, 0.4) is 0 Å². The van der Waals surface area contributed by atoms with E-state index in [9.17, 15) is 18.0 Å². The number of halogens is 3. The highest BCUT2D eigenvalue weighted by Crippen LogP contribution is 2.31. The van der Waals surface area contributed by atoms with Crippen LogP contribution < -0.4 is 0 Å². The van der Waals surface area contributed by atoms with Gasteiger partial charge in [0.15, 0.2) is 5.78 Å². The van der Waals surface area contributed by atoms with Crippen molar-refractivity contribution in [3.8, 4) is 17.2 Å². The zero-order chi connectivity index (χ0) is 16.5. The predicted molar refractivity (Wildman–Crippen MR) is 76.1 cm³/mol. The lowest BCUT2D eigenvalue weighted by Crippen LogP contribution is -2.07. The third-order valence-electron chi connectivity index (χ3n) is 3.27. The van der Waals surface area contributed by atoms with Crippen LogP contribution in [0.4, 0.5) is 13.2 Å². The Bertz CT molecular complexity index is 785. The molecule has 2 aromatic rings. The van der Waals surface area contributed by atoms with Crippen LogP contribution in [0.2, 0.25) is 0 Å². The molecule has 0 N–H and O–H groups in total. The lowest BCUT2D eigenvalue weighted by molar-refractivity contribution is 0.0175. The SMILES string of the molecule is CC(=O)c1c(F)cc(-c2cccc(C(C)(F)F)c2)cc1C#N. The summed E-state index contributed by atoms with van der Waals surface area (Å²) in [5, 5.41) is 9.06. The smallest absolute Gasteiger partial charge is 0.270 e. The first-order chi connectivity index (χ1) is 10.2. The molecule has 0 aliphatic carbocycles. The maximum absolute atomic E-state index is 14.0. The Hall–Kier alpha value is -2.61. The van der Waals surface area contributed by atoms with Gasteiger partial charge in [0, 0.05) is 12.5 Å². The minimum Gasteiger partial charge on any atom is -0.294 e. The number of benzene rings is 2. The molecule has 0 unspecified atom stereocenters. The number of Topliss-reactive ketones (excluding diaryl/α,β-unsaturated/α-hetero) is 1. The molecule has 2 aromatic carbocycles. The van der Waals surface area contributed by atoms with Crippen molar-refractivity contribution in [2.45, 2.75) is 19.8 Å². The molecule has 2 rings (SSSR count). The van der Waals surface area contributed by atoms with Crippen LogP contribution in [0.25, 0.3) is 11.1 Å². The summed E-state index contributed by atoms with van der Waals surface area (Å²) in [5.41, 5.74) is 0.00799. The first-order valence-corrected chi connectivity index (χ1v) is 6.47. The summed E-state index contributed by atoms with van der Waals surface area (Å²) in [6.45, 7) is 1.93. The van der Waals surface area contributed by atoms with Gasteiger partial charge in [0.2, 0.25) is 0 Å². The normalized spacial score (nSPS) is 11.1. The number of rotatable bonds is 3. The largest absolute Gasteiger partial charge is 0.294 e. The van der Waals surface area contributed by atoms with Gasteiger partial charge in [-0.25, -0.2) is 13.2 Å². The van der Waals surface area contributed by atoms with E-state index in [0.29, 0.717) is 5.56 Å². The van der Waals surface area contributed by atoms with E-state index in [2.05, 4.69) is 0 Å². The van der Waals surface area contributed by atoms with Crippen LogP contribution in [0, 0.1) is 17.1 Å². The van der Waals surface area contributed by atoms with Gasteiger partial charge < -0.3 is 0 Å². The number of hydrogen-bond acceptors (Lipinski definition) is 2. The Morgan fingerprint density at radius 2 is 1.86 bits per heavy atom. The van der Waals surface area contributed by atoms with Crippen molar-refractivity contribution in [2.75, 3.05) is 0 Å². The van der Waals surface area contributed by atoms with Gasteiger partial charge in [0.1, 0.15) is 11.9 Å². The summed E-state index contributed by atoms with van der Waals surface area (Å²) in [6, 6.07) is 9.65. The highest BCUT2D eigenvalue weighted by Gasteiger charge is 2.24. The number of hydrogen-bond donors (Lipinski definition) is 0. The first kappa shape index (κ1) is 15.8. The molecule has 0 bridgehead atoms. The van der Waals surface area contributed by atoms with Crippen LogP contribution in [-0.4, -0.2) is 5.78 Å². The number of ketones is 1. The number of carbonyl (C=O) groups is 1. The first-order valence-electron chi connectivity index (χ1n) is 6.47. The predicted octanol–water partition coefficient (Wildman–Crippen LogP) is 4.68. The van der Waals surface area contributed by atoms with Crippen molar-refractivity contribution < 1.29 is 18.0 Å². The second kappa shape index (κ2) is 5.64. The maximum Gasteiger partial charge on any atom is 0.270 e. The van der Waals surface area contributed by atoms with E-state index in [1.807, 2.05) is 0 Å². The molecule has 0 saturated heterocycles. The molecule has 0 aromatic heterocycles. The van der Waals surface area contributed by atoms with Crippen molar-refractivity contribution >= 4 is 5.78 Å². The van der Waals surface area contributed by atoms with E-state index >= 15 is 0 Å². The average molecular weight is 303 g/mol. The molecule has 22 heavy (non-hydrogen) atoms. The minimum atomic E-state index is -3.02. The second-order valence-electron chi connectivity index (χ2n) is 5.02. The molecule has 0 atom stereocenters. The van der Waals surface area contributed by atoms with Crippen molar-refractivity contribution in [3.63, 3.8) is 0 Å². The molecule has 112 valence electrons. The van der Waals surface area contributed by atoms with E-state index in [-0.39, 0.29) is 22.3 Å². The molecule has 0 spiro atoms. The average Bonchev–Trinajstić information content (AvgIpc) is 2.45. The Morgan fingerprint density at radius 1 is 1.18 bits per heavy atom. The van der Waals surface area contributed by atoms with Crippen molar-refractivity contribution in [3.05, 3.63) is 58.9 Å². The number of alkyl halides is 2. The third-order valence-corrected chi connectivity index (χ3v) is 3.27. The molecule has 0 saturated carbocycles. The topological polar surface area (TPSA) is 40.9 Å². The van der Waals surface area contributed by atoms with Gasteiger partial charge >= 0.3 is 0 Å². The van der Waals surface area contributed by atoms with Crippen LogP contribution in [0.1, 0.15) is 35.3 Å². The van der Waals surface area contributed by atoms with Crippen LogP contribution in [0.15, 0.2) is 36.4 Å². The molecule has 0 heterocycles. The van der Waals surface area contributed by atoms with E-state index in [0.717, 1.165) is 19.9 Å². The van der Waals surface area contributed by atoms with Gasteiger partial charge in [-0.2, -0.15) is 5.26 Å². The quantitative estimate of drug-likeness (QED) is 0.772. The molecule has 0 aliphatic heterocycles. The van der Waals surface area contributed by atoms with E-state index < -0.39 is 17.5 Å². The second-order valence-corrected chi connectivity index (χ2v) is 5.02. The molecular formula is C17H12F3NO. The molecule has 2 nitrogen and oxygen atoms in total. The Labute approximate surface area is 125 Å². The summed E-state index contributed by atoms with van der Waals surface area (Å²) in [4.78, 5) is 11.4. The fourth-order valence-electron chi connectivity index (χ4n) is 2.19. The third kappa shape index (κ3) is 3.01. The zero-order valence-corrected chi connectivity index (χ0v) is 12.0. The Balaban J connectivity index is 2.62. The summed E-state index contributed by atoms with van der Waals surface area (Å²) in [6.07, 6.45) is 0. The van der Waals surface area contributed by atoms with Crippen LogP contribution in [-0.2, 0) is 5.92 Å². The van der Waals surface area contributed by atoms with E-state index in [1.54, 1.807) is 12.1 Å². The van der Waals surface area contributed by atoms with Crippen molar-refractivity contribution in [1.82, 2.24) is 0 Å². The van der Waals surface area contributed by atoms with Gasteiger partial charge in [-0.1, -0.05) is 18.2 Å². The summed E-state index contributed by atoms with van der Waals surface area (Å²) >= 11 is 0. The summed E-state index contributed by atoms with van der Waals surface area (Å²) in [7, 11) is 0. The molecular weight excluding hydrogens is 291 g/mol. The molecule has 0 aliphatic rings. The number of nitrogens with zero attached hydrogens (tertiary/aromatic N) is 1. The summed E-state index contributed by atoms with van der Waals surface area (Å²) < 4.78 is 40.8. The molecule has 5 heteroatoms. The van der Waals surface area contributed by atoms with Gasteiger partial charge in [0.25, 0.3) is 5.92 Å². The lowest BCUT2D eigenvalue weighted by atomic mass is 9.95. The Kier molecular flexibility index (Phi) is 4.05. The molecule has 0 radical (unpaired) electrons. The standard InChI is InChI=1S/C17H12F3NO/c1-10(22)16-13(9-21)6-12(8-15(16)18)11-4-3-5-14(7-11)17(2,19)20/h3-8H,1-2H3. The fraction of sp³-hybridized carbons (Fsp3) is 0.176. The van der Waals surface area contributed by atoms with Crippen LogP contribution in [0.5, 0.6) is 0 Å². The Morgan fingerprint density at radius 3 is 2.41 bits per heavy atom. The van der Waals surface area contributed by atoms with Gasteiger partial charge in [0.05, 0.1) is 11.1 Å². The monoisotopic (exact) mass is 303 g/mol. The fourth-order valence-corrected chi connectivity index (χ4v) is 2.19. The van der Waals surface area contributed by atoms with Crippen LogP contribution >= 0.6 is 0 Å². The van der Waals surface area contributed by atoms with E-state index in [4.69, 9.17) is 5.26 Å².